The average Bonchev–Trinajstić information content (AvgIpc) is 1.19. The highest BCUT2D eigenvalue weighted by Crippen LogP contribution is 2.43. The van der Waals surface area contributed by atoms with Crippen LogP contribution in [0.5, 0.6) is 0 Å². The van der Waals surface area contributed by atoms with Crippen LogP contribution in [0.3, 0.4) is 0 Å². The minimum Gasteiger partial charge on any atom is -0.462 e. The van der Waals surface area contributed by atoms with E-state index in [0.717, 1.165) is 89.9 Å². The summed E-state index contributed by atoms with van der Waals surface area (Å²) in [5.74, 6) is -0.810. The van der Waals surface area contributed by atoms with Crippen LogP contribution in [0.15, 0.2) is 109 Å². The maximum atomic E-state index is 12.8. The van der Waals surface area contributed by atoms with Gasteiger partial charge in [0.15, 0.2) is 6.10 Å². The van der Waals surface area contributed by atoms with Crippen LogP contribution < -0.4 is 5.73 Å². The van der Waals surface area contributed by atoms with Gasteiger partial charge in [-0.05, 0) is 103 Å². The van der Waals surface area contributed by atoms with Crippen LogP contribution in [0.2, 0.25) is 0 Å². The predicted octanol–water partition coefficient (Wildman–Crippen LogP) is 28.8. The molecule has 0 aliphatic heterocycles. The summed E-state index contributed by atoms with van der Waals surface area (Å²) in [6.45, 7) is 3.69. The normalized spacial score (nSPS) is 13.4. The van der Waals surface area contributed by atoms with Crippen molar-refractivity contribution in [3.63, 3.8) is 0 Å². The molecule has 0 saturated heterocycles. The fraction of sp³-hybridized carbons (Fsp3) is 0.775. The van der Waals surface area contributed by atoms with Gasteiger partial charge in [0.2, 0.25) is 0 Å². The summed E-state index contributed by atoms with van der Waals surface area (Å²) in [6.07, 6.45) is 117. The van der Waals surface area contributed by atoms with Crippen molar-refractivity contribution in [1.29, 1.82) is 0 Å². The van der Waals surface area contributed by atoms with Gasteiger partial charge in [-0.25, -0.2) is 4.57 Å². The summed E-state index contributed by atoms with van der Waals surface area (Å²) in [7, 11) is -4.40. The number of carbonyl (C=O) groups excluding carboxylic acids is 2. The van der Waals surface area contributed by atoms with Gasteiger partial charge in [0.1, 0.15) is 6.61 Å². The number of allylic oxidation sites excluding steroid dienone is 18. The molecule has 0 rings (SSSR count). The second-order valence-corrected chi connectivity index (χ2v) is 29.8. The van der Waals surface area contributed by atoms with Crippen LogP contribution >= 0.6 is 7.82 Å². The molecule has 0 fully saturated rings. The van der Waals surface area contributed by atoms with Gasteiger partial charge in [0.05, 0.1) is 13.2 Å². The number of hydrogen-bond donors (Lipinski definition) is 2. The first-order chi connectivity index (χ1) is 48.8. The minimum absolute atomic E-state index is 0.0526. The van der Waals surface area contributed by atoms with Crippen molar-refractivity contribution in [3.8, 4) is 0 Å². The summed E-state index contributed by atoms with van der Waals surface area (Å²) in [5.41, 5.74) is 5.42. The molecule has 99 heavy (non-hydrogen) atoms. The van der Waals surface area contributed by atoms with Gasteiger partial charge in [0.25, 0.3) is 0 Å². The molecule has 0 aliphatic rings. The van der Waals surface area contributed by atoms with Gasteiger partial charge in [-0.1, -0.05) is 406 Å². The van der Waals surface area contributed by atoms with Crippen LogP contribution in [0, 0.1) is 0 Å². The Hall–Kier alpha value is -3.33. The molecule has 9 nitrogen and oxygen atoms in total. The summed E-state index contributed by atoms with van der Waals surface area (Å²) in [5, 5.41) is 0. The highest BCUT2D eigenvalue weighted by Gasteiger charge is 2.26. The molecule has 0 spiro atoms. The highest BCUT2D eigenvalue weighted by molar-refractivity contribution is 7.47. The number of phosphoric acid groups is 1. The number of hydrogen-bond acceptors (Lipinski definition) is 8. The van der Waals surface area contributed by atoms with E-state index in [1.165, 1.54) is 289 Å². The van der Waals surface area contributed by atoms with E-state index >= 15 is 0 Å². The molecule has 2 unspecified atom stereocenters. The van der Waals surface area contributed by atoms with E-state index in [2.05, 4.69) is 123 Å². The third-order valence-corrected chi connectivity index (χ3v) is 19.6. The summed E-state index contributed by atoms with van der Waals surface area (Å²) < 4.78 is 33.3. The zero-order chi connectivity index (χ0) is 71.5. The Labute approximate surface area is 613 Å². The van der Waals surface area contributed by atoms with Gasteiger partial charge < -0.3 is 20.1 Å². The van der Waals surface area contributed by atoms with Crippen molar-refractivity contribution >= 4 is 19.8 Å². The van der Waals surface area contributed by atoms with E-state index < -0.39 is 26.5 Å². The van der Waals surface area contributed by atoms with E-state index in [1.807, 2.05) is 0 Å². The van der Waals surface area contributed by atoms with Crippen molar-refractivity contribution in [1.82, 2.24) is 0 Å². The first kappa shape index (κ1) is 95.7. The van der Waals surface area contributed by atoms with Gasteiger partial charge in [-0.2, -0.15) is 0 Å². The van der Waals surface area contributed by atoms with Crippen molar-refractivity contribution in [2.75, 3.05) is 26.4 Å². The molecule has 0 aromatic carbocycles. The molecule has 0 aromatic heterocycles. The van der Waals surface area contributed by atoms with Gasteiger partial charge in [0, 0.05) is 19.4 Å². The molecular formula is C89H160NO8P. The van der Waals surface area contributed by atoms with Gasteiger partial charge in [-0.3, -0.25) is 18.6 Å². The SMILES string of the molecule is CC/C=C\C/C=C\C/C=C\C/C=C\C/C=C\C/C=C\C/C=C\C/C=C\CCCCCCCCCCCCCCCCCCC(=O)OC(COC(=O)CCCCCCCCCCCCCCCCCCCCCCCCCCC/C=C\CCCCCCCCCC)COP(=O)(O)OCCN. The zero-order valence-corrected chi connectivity index (χ0v) is 65.9. The number of carbonyl (C=O) groups is 2. The number of esters is 2. The van der Waals surface area contributed by atoms with Crippen LogP contribution in [0.4, 0.5) is 0 Å². The van der Waals surface area contributed by atoms with Crippen LogP contribution in [-0.4, -0.2) is 49.3 Å². The molecule has 574 valence electrons. The Morgan fingerprint density at radius 1 is 0.313 bits per heavy atom. The number of nitrogens with two attached hydrogens (primary N) is 1. The van der Waals surface area contributed by atoms with Crippen molar-refractivity contribution in [2.45, 2.75) is 418 Å². The number of phosphoric ester groups is 1. The van der Waals surface area contributed by atoms with E-state index in [0.29, 0.717) is 6.42 Å². The lowest BCUT2D eigenvalue weighted by Gasteiger charge is -2.19. The van der Waals surface area contributed by atoms with Crippen molar-refractivity contribution in [3.05, 3.63) is 109 Å². The van der Waals surface area contributed by atoms with Gasteiger partial charge in [-0.15, -0.1) is 0 Å². The van der Waals surface area contributed by atoms with Crippen molar-refractivity contribution < 1.29 is 37.6 Å². The molecule has 0 bridgehead atoms. The standard InChI is InChI=1S/C89H160NO8P/c1-3-5-7-9-11-13-15-17-19-21-23-25-27-29-31-33-35-37-39-41-42-43-44-46-48-50-52-54-56-58-60-62-64-66-68-70-72-74-76-78-80-82-89(92)98-87(86-97-99(93,94)96-84-83-90)85-95-88(91)81-79-77-75-73-71-69-67-65-63-61-59-57-55-53-51-49-47-45-40-38-36-34-32-30-28-26-24-22-20-18-16-14-12-10-8-6-4-2/h5,7,11,13,17,19,22-25,29,31,35,37,41-42,44,46,87H,3-4,6,8-10,12,14-16,18,20-21,26-28,30,32-34,36,38-40,43,45,47-86,90H2,1-2H3,(H,93,94)/b7-5-,13-11-,19-17-,24-22-,25-23-,31-29-,37-35-,42-41-,46-44-. The number of rotatable bonds is 80. The Kier molecular flexibility index (Phi) is 80.8. The minimum atomic E-state index is -4.40. The van der Waals surface area contributed by atoms with Gasteiger partial charge >= 0.3 is 19.8 Å². The molecular weight excluding hydrogens is 1240 g/mol. The van der Waals surface area contributed by atoms with E-state index in [4.69, 9.17) is 24.3 Å². The topological polar surface area (TPSA) is 134 Å². The van der Waals surface area contributed by atoms with Crippen molar-refractivity contribution in [2.24, 2.45) is 5.73 Å². The largest absolute Gasteiger partial charge is 0.472 e. The first-order valence-electron chi connectivity index (χ1n) is 42.4. The molecule has 0 amide bonds. The third-order valence-electron chi connectivity index (χ3n) is 18.6. The van der Waals surface area contributed by atoms with Crippen LogP contribution in [0.1, 0.15) is 412 Å². The summed E-state index contributed by atoms with van der Waals surface area (Å²) >= 11 is 0. The first-order valence-corrected chi connectivity index (χ1v) is 43.9. The molecule has 0 aromatic rings. The highest BCUT2D eigenvalue weighted by atomic mass is 31.2. The lowest BCUT2D eigenvalue weighted by atomic mass is 10.0. The maximum Gasteiger partial charge on any atom is 0.472 e. The lowest BCUT2D eigenvalue weighted by Crippen LogP contribution is -2.29. The molecule has 10 heteroatoms. The second-order valence-electron chi connectivity index (χ2n) is 28.3. The molecule has 0 saturated carbocycles. The summed E-state index contributed by atoms with van der Waals surface area (Å²) in [4.78, 5) is 35.5. The second kappa shape index (κ2) is 83.6. The fourth-order valence-corrected chi connectivity index (χ4v) is 13.2. The van der Waals surface area contributed by atoms with E-state index in [9.17, 15) is 19.0 Å². The lowest BCUT2D eigenvalue weighted by molar-refractivity contribution is -0.161. The third kappa shape index (κ3) is 83.5. The van der Waals surface area contributed by atoms with E-state index in [-0.39, 0.29) is 38.6 Å². The monoisotopic (exact) mass is 1400 g/mol. The predicted molar refractivity (Wildman–Crippen MR) is 431 cm³/mol. The Morgan fingerprint density at radius 3 is 0.838 bits per heavy atom. The van der Waals surface area contributed by atoms with Crippen LogP contribution in [-0.2, 0) is 32.7 Å². The zero-order valence-electron chi connectivity index (χ0n) is 65.0. The molecule has 0 radical (unpaired) electrons. The summed E-state index contributed by atoms with van der Waals surface area (Å²) in [6, 6.07) is 0. The number of unbranched alkanes of at least 4 members (excludes halogenated alkanes) is 49. The van der Waals surface area contributed by atoms with Crippen LogP contribution in [0.25, 0.3) is 0 Å². The molecule has 0 heterocycles. The molecule has 2 atom stereocenters. The fourth-order valence-electron chi connectivity index (χ4n) is 12.4. The number of ether oxygens (including phenoxy) is 2. The Bertz CT molecular complexity index is 2000. The molecule has 0 aliphatic carbocycles. The molecule has 3 N–H and O–H groups in total. The maximum absolute atomic E-state index is 12.8. The quantitative estimate of drug-likeness (QED) is 0.0264. The smallest absolute Gasteiger partial charge is 0.462 e. The van der Waals surface area contributed by atoms with E-state index in [1.54, 1.807) is 0 Å². The average molecular weight is 1400 g/mol. The Balaban J connectivity index is 3.78. The Morgan fingerprint density at radius 2 is 0.556 bits per heavy atom.